The van der Waals surface area contributed by atoms with Gasteiger partial charge in [-0.1, -0.05) is 30.3 Å². The lowest BCUT2D eigenvalue weighted by Gasteiger charge is -2.11. The lowest BCUT2D eigenvalue weighted by atomic mass is 10.2. The Morgan fingerprint density at radius 3 is 2.86 bits per heavy atom. The zero-order valence-corrected chi connectivity index (χ0v) is 13.0. The summed E-state index contributed by atoms with van der Waals surface area (Å²) in [7, 11) is 0. The van der Waals surface area contributed by atoms with Gasteiger partial charge in [-0.3, -0.25) is 0 Å². The molecule has 0 amide bonds. The average molecular weight is 297 g/mol. The Labute approximate surface area is 131 Å². The summed E-state index contributed by atoms with van der Waals surface area (Å²) in [4.78, 5) is 9.09. The highest BCUT2D eigenvalue weighted by atomic mass is 15.2. The molecule has 0 aliphatic heterocycles. The summed E-state index contributed by atoms with van der Waals surface area (Å²) in [6, 6.07) is 11.0. The minimum Gasteiger partial charge on any atom is -0.357 e. The first kappa shape index (κ1) is 14.6. The van der Waals surface area contributed by atoms with Gasteiger partial charge in [-0.25, -0.2) is 9.98 Å². The summed E-state index contributed by atoms with van der Waals surface area (Å²) in [5, 5.41) is 6.71. The minimum atomic E-state index is 0.585. The second kappa shape index (κ2) is 7.11. The van der Waals surface area contributed by atoms with Crippen LogP contribution in [0.5, 0.6) is 0 Å². The quantitative estimate of drug-likeness (QED) is 0.634. The van der Waals surface area contributed by atoms with E-state index in [-0.39, 0.29) is 0 Å². The van der Waals surface area contributed by atoms with Crippen molar-refractivity contribution in [1.29, 1.82) is 0 Å². The molecule has 1 saturated carbocycles. The zero-order valence-electron chi connectivity index (χ0n) is 13.0. The largest absolute Gasteiger partial charge is 0.357 e. The Hall–Kier alpha value is -2.30. The number of benzene rings is 1. The summed E-state index contributed by atoms with van der Waals surface area (Å²) in [5.74, 6) is 1.87. The Bertz CT molecular complexity index is 613. The first-order chi connectivity index (χ1) is 10.8. The van der Waals surface area contributed by atoms with E-state index in [0.29, 0.717) is 12.6 Å². The highest BCUT2D eigenvalue weighted by Crippen LogP contribution is 2.18. The number of hydrogen-bond acceptors (Lipinski definition) is 2. The lowest BCUT2D eigenvalue weighted by molar-refractivity contribution is 0.716. The molecule has 0 radical (unpaired) electrons. The van der Waals surface area contributed by atoms with Crippen LogP contribution in [0, 0.1) is 0 Å². The monoisotopic (exact) mass is 297 g/mol. The van der Waals surface area contributed by atoms with E-state index in [4.69, 9.17) is 0 Å². The van der Waals surface area contributed by atoms with Crippen LogP contribution in [-0.2, 0) is 13.1 Å². The summed E-state index contributed by atoms with van der Waals surface area (Å²) in [6.45, 7) is 4.37. The fraction of sp³-hybridized carbons (Fsp3) is 0.412. The molecule has 116 valence electrons. The number of guanidine groups is 1. The maximum Gasteiger partial charge on any atom is 0.191 e. The van der Waals surface area contributed by atoms with Crippen molar-refractivity contribution in [3.05, 3.63) is 54.1 Å². The van der Waals surface area contributed by atoms with Crippen molar-refractivity contribution in [1.82, 2.24) is 20.2 Å². The van der Waals surface area contributed by atoms with Gasteiger partial charge in [0.25, 0.3) is 0 Å². The second-order valence-corrected chi connectivity index (χ2v) is 5.57. The molecule has 1 fully saturated rings. The molecule has 22 heavy (non-hydrogen) atoms. The number of rotatable bonds is 6. The summed E-state index contributed by atoms with van der Waals surface area (Å²) < 4.78 is 2.15. The fourth-order valence-electron chi connectivity index (χ4n) is 2.31. The van der Waals surface area contributed by atoms with Crippen LogP contribution in [0.2, 0.25) is 0 Å². The van der Waals surface area contributed by atoms with E-state index >= 15 is 0 Å². The standard InChI is InChI=1S/C17H23N5/c1-2-18-17(21-15-8-9-15)20-12-16-19-10-11-22(16)13-14-6-4-3-5-7-14/h3-7,10-11,15H,2,8-9,12-13H2,1H3,(H2,18,20,21). The molecule has 5 nitrogen and oxygen atoms in total. The predicted molar refractivity (Wildman–Crippen MR) is 88.7 cm³/mol. The normalized spacial score (nSPS) is 14.9. The molecule has 1 aliphatic carbocycles. The Kier molecular flexibility index (Phi) is 4.73. The van der Waals surface area contributed by atoms with Gasteiger partial charge >= 0.3 is 0 Å². The Morgan fingerprint density at radius 1 is 1.32 bits per heavy atom. The van der Waals surface area contributed by atoms with Gasteiger partial charge in [0.1, 0.15) is 12.4 Å². The van der Waals surface area contributed by atoms with Crippen molar-refractivity contribution in [2.75, 3.05) is 6.54 Å². The van der Waals surface area contributed by atoms with Crippen LogP contribution in [-0.4, -0.2) is 28.1 Å². The van der Waals surface area contributed by atoms with Crippen LogP contribution in [0.15, 0.2) is 47.7 Å². The molecule has 0 bridgehead atoms. The fourth-order valence-corrected chi connectivity index (χ4v) is 2.31. The molecule has 0 spiro atoms. The molecular weight excluding hydrogens is 274 g/mol. The third kappa shape index (κ3) is 4.10. The van der Waals surface area contributed by atoms with E-state index in [2.05, 4.69) is 56.4 Å². The summed E-state index contributed by atoms with van der Waals surface area (Å²) in [6.07, 6.45) is 6.34. The molecule has 0 saturated heterocycles. The van der Waals surface area contributed by atoms with Crippen molar-refractivity contribution in [3.63, 3.8) is 0 Å². The molecule has 5 heteroatoms. The average Bonchev–Trinajstić information content (AvgIpc) is 3.25. The highest BCUT2D eigenvalue weighted by Gasteiger charge is 2.22. The summed E-state index contributed by atoms with van der Waals surface area (Å²) >= 11 is 0. The van der Waals surface area contributed by atoms with Crippen LogP contribution >= 0.6 is 0 Å². The van der Waals surface area contributed by atoms with Crippen LogP contribution in [0.3, 0.4) is 0 Å². The van der Waals surface area contributed by atoms with E-state index in [1.54, 1.807) is 0 Å². The maximum absolute atomic E-state index is 4.65. The van der Waals surface area contributed by atoms with Gasteiger partial charge in [-0.2, -0.15) is 0 Å². The molecule has 1 aromatic carbocycles. The van der Waals surface area contributed by atoms with Crippen LogP contribution in [0.25, 0.3) is 0 Å². The van der Waals surface area contributed by atoms with Gasteiger partial charge in [-0.05, 0) is 25.3 Å². The van der Waals surface area contributed by atoms with E-state index in [9.17, 15) is 0 Å². The molecule has 1 heterocycles. The van der Waals surface area contributed by atoms with Crippen LogP contribution in [0.4, 0.5) is 0 Å². The first-order valence-corrected chi connectivity index (χ1v) is 7.94. The molecule has 0 unspecified atom stereocenters. The van der Waals surface area contributed by atoms with Gasteiger partial charge in [0.05, 0.1) is 0 Å². The van der Waals surface area contributed by atoms with Gasteiger partial charge in [-0.15, -0.1) is 0 Å². The predicted octanol–water partition coefficient (Wildman–Crippen LogP) is 2.15. The number of nitrogens with one attached hydrogen (secondary N) is 2. The highest BCUT2D eigenvalue weighted by molar-refractivity contribution is 5.80. The van der Waals surface area contributed by atoms with E-state index in [1.165, 1.54) is 18.4 Å². The van der Waals surface area contributed by atoms with Crippen LogP contribution < -0.4 is 10.6 Å². The minimum absolute atomic E-state index is 0.585. The SMILES string of the molecule is CCNC(=NCc1nccn1Cc1ccccc1)NC1CC1. The lowest BCUT2D eigenvalue weighted by Crippen LogP contribution is -2.38. The van der Waals surface area contributed by atoms with Gasteiger partial charge in [0.15, 0.2) is 5.96 Å². The molecule has 3 rings (SSSR count). The van der Waals surface area contributed by atoms with Crippen molar-refractivity contribution in [2.24, 2.45) is 4.99 Å². The number of imidazole rings is 1. The third-order valence-electron chi connectivity index (χ3n) is 3.64. The maximum atomic E-state index is 4.65. The number of aliphatic imine (C=N–C) groups is 1. The third-order valence-corrected chi connectivity index (χ3v) is 3.64. The van der Waals surface area contributed by atoms with Crippen molar-refractivity contribution in [2.45, 2.75) is 38.9 Å². The first-order valence-electron chi connectivity index (χ1n) is 7.94. The molecule has 2 N–H and O–H groups in total. The topological polar surface area (TPSA) is 54.2 Å². The molecular formula is C17H23N5. The zero-order chi connectivity index (χ0) is 15.2. The smallest absolute Gasteiger partial charge is 0.191 e. The molecule has 1 aliphatic rings. The molecule has 0 atom stereocenters. The van der Waals surface area contributed by atoms with E-state index in [1.807, 2.05) is 18.5 Å². The van der Waals surface area contributed by atoms with E-state index < -0.39 is 0 Å². The summed E-state index contributed by atoms with van der Waals surface area (Å²) in [5.41, 5.74) is 1.27. The van der Waals surface area contributed by atoms with Crippen molar-refractivity contribution in [3.8, 4) is 0 Å². The number of aromatic nitrogens is 2. The second-order valence-electron chi connectivity index (χ2n) is 5.57. The number of nitrogens with zero attached hydrogens (tertiary/aromatic N) is 3. The molecule has 1 aromatic heterocycles. The van der Waals surface area contributed by atoms with Gasteiger partial charge in [0, 0.05) is 31.5 Å². The van der Waals surface area contributed by atoms with Crippen LogP contribution in [0.1, 0.15) is 31.2 Å². The molecule has 2 aromatic rings. The van der Waals surface area contributed by atoms with Gasteiger partial charge < -0.3 is 15.2 Å². The van der Waals surface area contributed by atoms with Gasteiger partial charge in [0.2, 0.25) is 0 Å². The Balaban J connectivity index is 1.65. The Morgan fingerprint density at radius 2 is 2.14 bits per heavy atom. The number of hydrogen-bond donors (Lipinski definition) is 2. The van der Waals surface area contributed by atoms with Crippen molar-refractivity contribution >= 4 is 5.96 Å². The van der Waals surface area contributed by atoms with Crippen molar-refractivity contribution < 1.29 is 0 Å². The van der Waals surface area contributed by atoms with E-state index in [0.717, 1.165) is 24.9 Å².